The lowest BCUT2D eigenvalue weighted by Gasteiger charge is -2.10. The molecule has 0 amide bonds. The van der Waals surface area contributed by atoms with Crippen molar-refractivity contribution in [2.75, 3.05) is 24.7 Å². The number of nitro groups is 1. The van der Waals surface area contributed by atoms with Gasteiger partial charge in [0, 0.05) is 30.6 Å². The van der Waals surface area contributed by atoms with Crippen molar-refractivity contribution in [2.45, 2.75) is 4.90 Å². The van der Waals surface area contributed by atoms with E-state index in [1.807, 2.05) is 0 Å². The Bertz CT molecular complexity index is 903. The molecule has 0 heterocycles. The van der Waals surface area contributed by atoms with Gasteiger partial charge in [0.05, 0.1) is 4.92 Å². The SMILES string of the molecule is CS(=O)(=O)c1cc(NCCOc2ccc(F)cc2F)ccc1[N+](=O)[O-]. The normalized spacial score (nSPS) is 11.2. The number of sulfone groups is 1. The molecule has 0 unspecified atom stereocenters. The van der Waals surface area contributed by atoms with Gasteiger partial charge in [-0.05, 0) is 24.3 Å². The van der Waals surface area contributed by atoms with E-state index in [4.69, 9.17) is 4.74 Å². The average Bonchev–Trinajstić information content (AvgIpc) is 2.52. The number of nitrogens with one attached hydrogen (secondary N) is 1. The zero-order valence-electron chi connectivity index (χ0n) is 13.0. The monoisotopic (exact) mass is 372 g/mol. The van der Waals surface area contributed by atoms with Gasteiger partial charge < -0.3 is 10.1 Å². The first kappa shape index (κ1) is 18.6. The fraction of sp³-hybridized carbons (Fsp3) is 0.200. The summed E-state index contributed by atoms with van der Waals surface area (Å²) in [6.45, 7) is 0.172. The highest BCUT2D eigenvalue weighted by molar-refractivity contribution is 7.90. The number of ether oxygens (including phenoxy) is 1. The standard InChI is InChI=1S/C15H14F2N2O5S/c1-25(22,23)15-9-11(3-4-13(15)19(20)21)18-6-7-24-14-5-2-10(16)8-12(14)17/h2-5,8-9,18H,6-7H2,1H3. The van der Waals surface area contributed by atoms with Crippen molar-refractivity contribution < 1.29 is 26.9 Å². The summed E-state index contributed by atoms with van der Waals surface area (Å²) in [6.07, 6.45) is 0.875. The lowest BCUT2D eigenvalue weighted by molar-refractivity contribution is -0.387. The third-order valence-corrected chi connectivity index (χ3v) is 4.26. The summed E-state index contributed by atoms with van der Waals surface area (Å²) in [6, 6.07) is 6.48. The van der Waals surface area contributed by atoms with E-state index in [2.05, 4.69) is 5.32 Å². The van der Waals surface area contributed by atoms with Crippen LogP contribution < -0.4 is 10.1 Å². The van der Waals surface area contributed by atoms with Crippen molar-refractivity contribution in [1.29, 1.82) is 0 Å². The second-order valence-corrected chi connectivity index (χ2v) is 7.05. The molecule has 2 rings (SSSR count). The number of benzene rings is 2. The molecule has 10 heteroatoms. The minimum Gasteiger partial charge on any atom is -0.489 e. The van der Waals surface area contributed by atoms with E-state index in [0.717, 1.165) is 30.5 Å². The Morgan fingerprint density at radius 1 is 1.20 bits per heavy atom. The van der Waals surface area contributed by atoms with Gasteiger partial charge in [0.25, 0.3) is 5.69 Å². The van der Waals surface area contributed by atoms with Crippen LogP contribution in [-0.2, 0) is 9.84 Å². The number of rotatable bonds is 7. The van der Waals surface area contributed by atoms with Crippen molar-refractivity contribution in [3.8, 4) is 5.75 Å². The van der Waals surface area contributed by atoms with Gasteiger partial charge in [0.1, 0.15) is 17.3 Å². The van der Waals surface area contributed by atoms with Crippen molar-refractivity contribution in [1.82, 2.24) is 0 Å². The van der Waals surface area contributed by atoms with Gasteiger partial charge in [0.2, 0.25) is 0 Å². The lowest BCUT2D eigenvalue weighted by atomic mass is 10.3. The van der Waals surface area contributed by atoms with Gasteiger partial charge in [-0.1, -0.05) is 0 Å². The zero-order chi connectivity index (χ0) is 18.6. The number of halogens is 2. The maximum atomic E-state index is 13.4. The maximum Gasteiger partial charge on any atom is 0.288 e. The molecule has 1 N–H and O–H groups in total. The van der Waals surface area contributed by atoms with Gasteiger partial charge >= 0.3 is 0 Å². The number of nitrogens with zero attached hydrogens (tertiary/aromatic N) is 1. The quantitative estimate of drug-likeness (QED) is 0.456. The Hall–Kier alpha value is -2.75. The van der Waals surface area contributed by atoms with Gasteiger partial charge in [-0.3, -0.25) is 10.1 Å². The van der Waals surface area contributed by atoms with E-state index in [9.17, 15) is 27.3 Å². The Morgan fingerprint density at radius 2 is 1.92 bits per heavy atom. The molecule has 0 aliphatic heterocycles. The maximum absolute atomic E-state index is 13.4. The highest BCUT2D eigenvalue weighted by Crippen LogP contribution is 2.27. The first-order valence-corrected chi connectivity index (χ1v) is 8.88. The Morgan fingerprint density at radius 3 is 2.52 bits per heavy atom. The molecule has 0 radical (unpaired) electrons. The molecule has 2 aromatic rings. The minimum absolute atomic E-state index is 0.00769. The van der Waals surface area contributed by atoms with E-state index in [-0.39, 0.29) is 18.9 Å². The third-order valence-electron chi connectivity index (χ3n) is 3.14. The number of hydrogen-bond acceptors (Lipinski definition) is 6. The molecule has 7 nitrogen and oxygen atoms in total. The van der Waals surface area contributed by atoms with Gasteiger partial charge in [-0.25, -0.2) is 17.2 Å². The molecular formula is C15H14F2N2O5S. The number of nitro benzene ring substituents is 1. The van der Waals surface area contributed by atoms with Crippen LogP contribution >= 0.6 is 0 Å². The molecule has 2 aromatic carbocycles. The molecule has 0 atom stereocenters. The van der Waals surface area contributed by atoms with Crippen molar-refractivity contribution >= 4 is 21.2 Å². The van der Waals surface area contributed by atoms with E-state index >= 15 is 0 Å². The van der Waals surface area contributed by atoms with Crippen LogP contribution in [0.25, 0.3) is 0 Å². The van der Waals surface area contributed by atoms with Gasteiger partial charge in [0.15, 0.2) is 21.4 Å². The highest BCUT2D eigenvalue weighted by atomic mass is 32.2. The van der Waals surface area contributed by atoms with Crippen molar-refractivity contribution in [3.63, 3.8) is 0 Å². The molecule has 0 aliphatic carbocycles. The van der Waals surface area contributed by atoms with Crippen LogP contribution in [0.4, 0.5) is 20.2 Å². The summed E-state index contributed by atoms with van der Waals surface area (Å²) in [5.74, 6) is -1.68. The fourth-order valence-corrected chi connectivity index (χ4v) is 2.88. The first-order chi connectivity index (χ1) is 11.7. The summed E-state index contributed by atoms with van der Waals surface area (Å²) in [5, 5.41) is 13.7. The predicted molar refractivity (Wildman–Crippen MR) is 86.5 cm³/mol. The summed E-state index contributed by atoms with van der Waals surface area (Å²) in [4.78, 5) is 9.70. The average molecular weight is 372 g/mol. The highest BCUT2D eigenvalue weighted by Gasteiger charge is 2.22. The first-order valence-electron chi connectivity index (χ1n) is 6.98. The zero-order valence-corrected chi connectivity index (χ0v) is 13.8. The molecule has 0 saturated carbocycles. The van der Waals surface area contributed by atoms with E-state index in [0.29, 0.717) is 11.8 Å². The molecule has 0 spiro atoms. The van der Waals surface area contributed by atoms with Gasteiger partial charge in [-0.2, -0.15) is 0 Å². The molecule has 0 aliphatic rings. The smallest absolute Gasteiger partial charge is 0.288 e. The van der Waals surface area contributed by atoms with Crippen LogP contribution in [-0.4, -0.2) is 32.7 Å². The van der Waals surface area contributed by atoms with E-state index in [1.54, 1.807) is 0 Å². The molecular weight excluding hydrogens is 358 g/mol. The second kappa shape index (κ2) is 7.43. The number of anilines is 1. The Labute approximate surface area is 142 Å². The van der Waals surface area contributed by atoms with Crippen LogP contribution in [0.1, 0.15) is 0 Å². The molecule has 0 aromatic heterocycles. The fourth-order valence-electron chi connectivity index (χ4n) is 2.02. The summed E-state index contributed by atoms with van der Waals surface area (Å²) in [7, 11) is -3.78. The van der Waals surface area contributed by atoms with E-state index < -0.39 is 37.0 Å². The lowest BCUT2D eigenvalue weighted by Crippen LogP contribution is -2.13. The predicted octanol–water partition coefficient (Wildman–Crippen LogP) is 2.77. The van der Waals surface area contributed by atoms with Gasteiger partial charge in [-0.15, -0.1) is 0 Å². The Balaban J connectivity index is 2.02. The number of hydrogen-bond donors (Lipinski definition) is 1. The van der Waals surface area contributed by atoms with Crippen molar-refractivity contribution in [3.05, 3.63) is 58.1 Å². The largest absolute Gasteiger partial charge is 0.489 e. The van der Waals surface area contributed by atoms with E-state index in [1.165, 1.54) is 6.07 Å². The van der Waals surface area contributed by atoms with Crippen LogP contribution in [0.15, 0.2) is 41.3 Å². The topological polar surface area (TPSA) is 98.5 Å². The third kappa shape index (κ3) is 4.86. The molecule has 0 bridgehead atoms. The molecule has 134 valence electrons. The minimum atomic E-state index is -3.78. The molecule has 25 heavy (non-hydrogen) atoms. The summed E-state index contributed by atoms with van der Waals surface area (Å²) in [5.41, 5.74) is -0.188. The van der Waals surface area contributed by atoms with Crippen LogP contribution in [0.2, 0.25) is 0 Å². The summed E-state index contributed by atoms with van der Waals surface area (Å²) >= 11 is 0. The molecule has 0 saturated heterocycles. The van der Waals surface area contributed by atoms with Crippen LogP contribution in [0.3, 0.4) is 0 Å². The Kier molecular flexibility index (Phi) is 5.52. The molecule has 0 fully saturated rings. The second-order valence-electron chi connectivity index (χ2n) is 5.06. The van der Waals surface area contributed by atoms with Crippen LogP contribution in [0.5, 0.6) is 5.75 Å². The van der Waals surface area contributed by atoms with Crippen LogP contribution in [0, 0.1) is 21.7 Å². The summed E-state index contributed by atoms with van der Waals surface area (Å²) < 4.78 is 54.6. The van der Waals surface area contributed by atoms with Crippen molar-refractivity contribution in [2.24, 2.45) is 0 Å².